The Hall–Kier alpha value is -1.10. The number of hydrogen-bond acceptors (Lipinski definition) is 3. The summed E-state index contributed by atoms with van der Waals surface area (Å²) in [5, 5.41) is 11.2. The summed E-state index contributed by atoms with van der Waals surface area (Å²) in [7, 11) is 3.47. The Morgan fingerprint density at radius 3 is 2.53 bits per heavy atom. The van der Waals surface area contributed by atoms with Crippen LogP contribution in [0.25, 0.3) is 0 Å². The smallest absolute Gasteiger partial charge is 0.307 e. The lowest BCUT2D eigenvalue weighted by Crippen LogP contribution is -2.30. The maximum atomic E-state index is 10.9. The van der Waals surface area contributed by atoms with E-state index in [9.17, 15) is 9.59 Å². The first-order valence-corrected chi connectivity index (χ1v) is 5.09. The van der Waals surface area contributed by atoms with Crippen LogP contribution < -0.4 is 5.32 Å². The van der Waals surface area contributed by atoms with Crippen molar-refractivity contribution in [2.45, 2.75) is 19.8 Å². The number of aliphatic carboxylic acids is 1. The monoisotopic (exact) mass is 216 g/mol. The third kappa shape index (κ3) is 6.90. The van der Waals surface area contributed by atoms with Crippen molar-refractivity contribution in [3.63, 3.8) is 0 Å². The number of nitrogens with one attached hydrogen (secondary N) is 1. The van der Waals surface area contributed by atoms with Crippen LogP contribution >= 0.6 is 0 Å². The summed E-state index contributed by atoms with van der Waals surface area (Å²) in [4.78, 5) is 23.4. The van der Waals surface area contributed by atoms with Gasteiger partial charge in [0.2, 0.25) is 5.91 Å². The molecule has 1 amide bonds. The summed E-state index contributed by atoms with van der Waals surface area (Å²) in [6, 6.07) is 0. The highest BCUT2D eigenvalue weighted by Gasteiger charge is 2.13. The van der Waals surface area contributed by atoms with Crippen LogP contribution in [0.15, 0.2) is 0 Å². The van der Waals surface area contributed by atoms with E-state index in [2.05, 4.69) is 5.32 Å². The predicted molar refractivity (Wildman–Crippen MR) is 57.6 cm³/mol. The lowest BCUT2D eigenvalue weighted by molar-refractivity contribution is -0.141. The fraction of sp³-hybridized carbons (Fsp3) is 0.800. The molecular formula is C10H20N2O3. The van der Waals surface area contributed by atoms with Crippen LogP contribution in [0.2, 0.25) is 0 Å². The highest BCUT2D eigenvalue weighted by Crippen LogP contribution is 2.00. The molecule has 0 aromatic heterocycles. The van der Waals surface area contributed by atoms with Gasteiger partial charge in [0.1, 0.15) is 0 Å². The summed E-state index contributed by atoms with van der Waals surface area (Å²) in [6.45, 7) is 2.94. The van der Waals surface area contributed by atoms with Gasteiger partial charge in [0.05, 0.1) is 5.92 Å². The van der Waals surface area contributed by atoms with E-state index >= 15 is 0 Å². The van der Waals surface area contributed by atoms with E-state index in [-0.39, 0.29) is 11.8 Å². The molecule has 0 spiro atoms. The molecule has 0 saturated carbocycles. The zero-order valence-corrected chi connectivity index (χ0v) is 9.62. The van der Waals surface area contributed by atoms with Crippen LogP contribution in [0.5, 0.6) is 0 Å². The van der Waals surface area contributed by atoms with Crippen LogP contribution in [-0.4, -0.2) is 49.1 Å². The van der Waals surface area contributed by atoms with E-state index in [1.54, 1.807) is 14.0 Å². The summed E-state index contributed by atoms with van der Waals surface area (Å²) in [6.07, 6.45) is 1.24. The first kappa shape index (κ1) is 13.9. The number of hydrogen-bond donors (Lipinski definition) is 2. The van der Waals surface area contributed by atoms with E-state index in [0.29, 0.717) is 13.0 Å². The zero-order chi connectivity index (χ0) is 11.8. The van der Waals surface area contributed by atoms with Crippen LogP contribution in [0, 0.1) is 5.92 Å². The molecule has 0 heterocycles. The van der Waals surface area contributed by atoms with Crippen molar-refractivity contribution in [3.8, 4) is 0 Å². The SMILES string of the molecule is CNC(=O)CCCN(C)CC(C)C(=O)O. The van der Waals surface area contributed by atoms with Crippen molar-refractivity contribution >= 4 is 11.9 Å². The van der Waals surface area contributed by atoms with Gasteiger partial charge in [-0.05, 0) is 20.0 Å². The lowest BCUT2D eigenvalue weighted by Gasteiger charge is -2.18. The van der Waals surface area contributed by atoms with Gasteiger partial charge in [-0.3, -0.25) is 9.59 Å². The Kier molecular flexibility index (Phi) is 6.70. The minimum Gasteiger partial charge on any atom is -0.481 e. The molecule has 1 unspecified atom stereocenters. The summed E-state index contributed by atoms with van der Waals surface area (Å²) in [5.41, 5.74) is 0. The summed E-state index contributed by atoms with van der Waals surface area (Å²) in [5.74, 6) is -1.13. The molecule has 0 bridgehead atoms. The Bertz CT molecular complexity index is 219. The predicted octanol–water partition coefficient (Wildman–Crippen LogP) is 0.165. The van der Waals surface area contributed by atoms with E-state index in [0.717, 1.165) is 13.0 Å². The van der Waals surface area contributed by atoms with Gasteiger partial charge in [0.25, 0.3) is 0 Å². The third-order valence-corrected chi connectivity index (χ3v) is 2.23. The standard InChI is InChI=1S/C10H20N2O3/c1-8(10(14)15)7-12(3)6-4-5-9(13)11-2/h8H,4-7H2,1-3H3,(H,11,13)(H,14,15). The van der Waals surface area contributed by atoms with Crippen molar-refractivity contribution < 1.29 is 14.7 Å². The van der Waals surface area contributed by atoms with E-state index in [1.165, 1.54) is 0 Å². The highest BCUT2D eigenvalue weighted by atomic mass is 16.4. The van der Waals surface area contributed by atoms with Crippen LogP contribution in [0.1, 0.15) is 19.8 Å². The molecule has 5 heteroatoms. The number of nitrogens with zero attached hydrogens (tertiary/aromatic N) is 1. The Morgan fingerprint density at radius 1 is 1.47 bits per heavy atom. The molecular weight excluding hydrogens is 196 g/mol. The number of carboxylic acid groups (broad SMARTS) is 1. The second-order valence-corrected chi connectivity index (χ2v) is 3.78. The van der Waals surface area contributed by atoms with Gasteiger partial charge in [-0.1, -0.05) is 6.92 Å². The molecule has 0 radical (unpaired) electrons. The maximum Gasteiger partial charge on any atom is 0.307 e. The van der Waals surface area contributed by atoms with Crippen molar-refractivity contribution in [3.05, 3.63) is 0 Å². The van der Waals surface area contributed by atoms with Crippen LogP contribution in [0.4, 0.5) is 0 Å². The molecule has 0 aliphatic rings. The summed E-state index contributed by atoms with van der Waals surface area (Å²) < 4.78 is 0. The summed E-state index contributed by atoms with van der Waals surface area (Å²) >= 11 is 0. The van der Waals surface area contributed by atoms with Gasteiger partial charge in [-0.2, -0.15) is 0 Å². The molecule has 0 aliphatic heterocycles. The molecule has 0 rings (SSSR count). The fourth-order valence-electron chi connectivity index (χ4n) is 1.27. The van der Waals surface area contributed by atoms with E-state index in [1.807, 2.05) is 11.9 Å². The normalized spacial score (nSPS) is 12.5. The number of amides is 1. The zero-order valence-electron chi connectivity index (χ0n) is 9.62. The molecule has 0 saturated heterocycles. The van der Waals surface area contributed by atoms with E-state index < -0.39 is 5.97 Å². The van der Waals surface area contributed by atoms with Crippen molar-refractivity contribution in [2.75, 3.05) is 27.2 Å². The number of carbonyl (C=O) groups is 2. The maximum absolute atomic E-state index is 10.9. The second-order valence-electron chi connectivity index (χ2n) is 3.78. The quantitative estimate of drug-likeness (QED) is 0.636. The minimum atomic E-state index is -0.784. The topological polar surface area (TPSA) is 69.6 Å². The van der Waals surface area contributed by atoms with Gasteiger partial charge in [-0.25, -0.2) is 0 Å². The van der Waals surface area contributed by atoms with Crippen molar-refractivity contribution in [1.82, 2.24) is 10.2 Å². The van der Waals surface area contributed by atoms with Gasteiger partial charge in [0.15, 0.2) is 0 Å². The molecule has 15 heavy (non-hydrogen) atoms. The average molecular weight is 216 g/mol. The van der Waals surface area contributed by atoms with Gasteiger partial charge >= 0.3 is 5.97 Å². The van der Waals surface area contributed by atoms with Gasteiger partial charge in [-0.15, -0.1) is 0 Å². The minimum absolute atomic E-state index is 0.0229. The molecule has 0 fully saturated rings. The van der Waals surface area contributed by atoms with Crippen LogP contribution in [-0.2, 0) is 9.59 Å². The average Bonchev–Trinajstić information content (AvgIpc) is 2.17. The van der Waals surface area contributed by atoms with E-state index in [4.69, 9.17) is 5.11 Å². The van der Waals surface area contributed by atoms with Crippen molar-refractivity contribution in [2.24, 2.45) is 5.92 Å². The highest BCUT2D eigenvalue weighted by molar-refractivity contribution is 5.75. The van der Waals surface area contributed by atoms with Gasteiger partial charge in [0, 0.05) is 20.0 Å². The molecule has 0 aromatic rings. The van der Waals surface area contributed by atoms with Crippen LogP contribution in [0.3, 0.4) is 0 Å². The molecule has 1 atom stereocenters. The Balaban J connectivity index is 3.61. The number of carboxylic acids is 1. The molecule has 0 aromatic carbocycles. The first-order valence-electron chi connectivity index (χ1n) is 5.09. The number of carbonyl (C=O) groups excluding carboxylic acids is 1. The Morgan fingerprint density at radius 2 is 2.07 bits per heavy atom. The Labute approximate surface area is 90.5 Å². The fourth-order valence-corrected chi connectivity index (χ4v) is 1.27. The molecule has 0 aliphatic carbocycles. The molecule has 5 nitrogen and oxygen atoms in total. The first-order chi connectivity index (χ1) is 6.97. The van der Waals surface area contributed by atoms with Gasteiger partial charge < -0.3 is 15.3 Å². The molecule has 2 N–H and O–H groups in total. The lowest BCUT2D eigenvalue weighted by atomic mass is 10.1. The molecule has 88 valence electrons. The second kappa shape index (κ2) is 7.23. The number of rotatable bonds is 7. The van der Waals surface area contributed by atoms with Crippen molar-refractivity contribution in [1.29, 1.82) is 0 Å². The largest absolute Gasteiger partial charge is 0.481 e. The third-order valence-electron chi connectivity index (χ3n) is 2.23.